The molecule has 0 aliphatic heterocycles. The number of benzene rings is 1. The number of methoxy groups -OCH3 is 1. The van der Waals surface area contributed by atoms with E-state index in [0.29, 0.717) is 18.0 Å². The van der Waals surface area contributed by atoms with Crippen molar-refractivity contribution in [2.45, 2.75) is 24.7 Å². The lowest BCUT2D eigenvalue weighted by atomic mass is 10.00. The van der Waals surface area contributed by atoms with E-state index in [-0.39, 0.29) is 5.91 Å². The number of ether oxygens (including phenoxy) is 1. The second-order valence-electron chi connectivity index (χ2n) is 6.48. The van der Waals surface area contributed by atoms with Gasteiger partial charge < -0.3 is 14.6 Å². The maximum absolute atomic E-state index is 12.7. The molecule has 1 aliphatic rings. The van der Waals surface area contributed by atoms with E-state index in [2.05, 4.69) is 21.9 Å². The molecule has 0 unspecified atom stereocenters. The molecule has 2 aromatic heterocycles. The Balaban J connectivity index is 1.45. The van der Waals surface area contributed by atoms with Crippen molar-refractivity contribution in [1.29, 1.82) is 0 Å². The zero-order chi connectivity index (χ0) is 18.0. The number of nitrogens with zero attached hydrogens (tertiary/aromatic N) is 1. The minimum absolute atomic E-state index is 0.0412. The molecule has 3 aromatic rings. The fourth-order valence-electron chi connectivity index (χ4n) is 3.06. The average Bonchev–Trinajstić information content (AvgIpc) is 3.09. The molecule has 4 rings (SSSR count). The Labute approximate surface area is 156 Å². The molecule has 2 heterocycles. The molecule has 1 aliphatic carbocycles. The molecule has 134 valence electrons. The Bertz CT molecular complexity index is 897. The van der Waals surface area contributed by atoms with Crippen molar-refractivity contribution in [3.63, 3.8) is 0 Å². The molecule has 26 heavy (non-hydrogen) atoms. The number of rotatable bonds is 7. The largest absolute Gasteiger partial charge is 0.497 e. The van der Waals surface area contributed by atoms with Crippen LogP contribution < -0.4 is 10.1 Å². The van der Waals surface area contributed by atoms with Crippen LogP contribution in [0.3, 0.4) is 0 Å². The van der Waals surface area contributed by atoms with E-state index in [1.165, 1.54) is 4.88 Å². The molecule has 0 radical (unpaired) electrons. The van der Waals surface area contributed by atoms with Gasteiger partial charge in [0.1, 0.15) is 5.75 Å². The lowest BCUT2D eigenvalue weighted by Gasteiger charge is -2.12. The summed E-state index contributed by atoms with van der Waals surface area (Å²) < 4.78 is 10.8. The lowest BCUT2D eigenvalue weighted by Crippen LogP contribution is -2.36. The Kier molecular flexibility index (Phi) is 4.51. The summed E-state index contributed by atoms with van der Waals surface area (Å²) in [7, 11) is 1.63. The van der Waals surface area contributed by atoms with Crippen LogP contribution in [-0.4, -0.2) is 24.7 Å². The van der Waals surface area contributed by atoms with Gasteiger partial charge in [0.2, 0.25) is 5.91 Å². The van der Waals surface area contributed by atoms with E-state index in [9.17, 15) is 4.79 Å². The average molecular weight is 368 g/mol. The van der Waals surface area contributed by atoms with Gasteiger partial charge in [0.15, 0.2) is 5.76 Å². The molecular weight excluding hydrogens is 348 g/mol. The fourth-order valence-corrected chi connectivity index (χ4v) is 3.77. The van der Waals surface area contributed by atoms with Crippen molar-refractivity contribution in [2.75, 3.05) is 13.7 Å². The first-order valence-corrected chi connectivity index (χ1v) is 9.51. The summed E-state index contributed by atoms with van der Waals surface area (Å²) in [6.45, 7) is 0.641. The molecule has 0 atom stereocenters. The summed E-state index contributed by atoms with van der Waals surface area (Å²) in [5, 5.41) is 9.29. The van der Waals surface area contributed by atoms with Crippen LogP contribution in [0.2, 0.25) is 0 Å². The summed E-state index contributed by atoms with van der Waals surface area (Å²) >= 11 is 1.71. The van der Waals surface area contributed by atoms with Crippen LogP contribution in [0, 0.1) is 0 Å². The van der Waals surface area contributed by atoms with E-state index in [4.69, 9.17) is 9.26 Å². The number of hydrogen-bond donors (Lipinski definition) is 1. The van der Waals surface area contributed by atoms with Gasteiger partial charge in [0.25, 0.3) is 0 Å². The molecule has 0 saturated heterocycles. The molecule has 1 amide bonds. The first-order chi connectivity index (χ1) is 12.7. The summed E-state index contributed by atoms with van der Waals surface area (Å²) in [6.07, 6.45) is 2.47. The second kappa shape index (κ2) is 6.96. The zero-order valence-corrected chi connectivity index (χ0v) is 15.3. The van der Waals surface area contributed by atoms with Crippen LogP contribution in [0.1, 0.15) is 23.4 Å². The normalized spacial score (nSPS) is 14.8. The van der Waals surface area contributed by atoms with Crippen LogP contribution in [0.15, 0.2) is 52.4 Å². The standard InChI is InChI=1S/C20H20N2O3S/c1-24-15-5-2-4-14(12-15)17-13-18(22-25-17)20(8-9-20)19(23)21-10-7-16-6-3-11-26-16/h2-6,11-13H,7-10H2,1H3,(H,21,23). The fraction of sp³-hybridized carbons (Fsp3) is 0.300. The Morgan fingerprint density at radius 3 is 2.92 bits per heavy atom. The van der Waals surface area contributed by atoms with Crippen molar-refractivity contribution < 1.29 is 14.1 Å². The van der Waals surface area contributed by atoms with Crippen molar-refractivity contribution in [2.24, 2.45) is 0 Å². The molecule has 5 nitrogen and oxygen atoms in total. The molecule has 1 N–H and O–H groups in total. The van der Waals surface area contributed by atoms with Crippen LogP contribution >= 0.6 is 11.3 Å². The quantitative estimate of drug-likeness (QED) is 0.689. The van der Waals surface area contributed by atoms with E-state index in [0.717, 1.165) is 30.6 Å². The highest BCUT2D eigenvalue weighted by molar-refractivity contribution is 7.09. The van der Waals surface area contributed by atoms with Crippen molar-refractivity contribution in [1.82, 2.24) is 10.5 Å². The van der Waals surface area contributed by atoms with Crippen LogP contribution in [0.4, 0.5) is 0 Å². The first-order valence-electron chi connectivity index (χ1n) is 8.63. The van der Waals surface area contributed by atoms with Gasteiger partial charge in [-0.2, -0.15) is 0 Å². The highest BCUT2D eigenvalue weighted by atomic mass is 32.1. The first kappa shape index (κ1) is 16.8. The van der Waals surface area contributed by atoms with E-state index in [1.54, 1.807) is 18.4 Å². The van der Waals surface area contributed by atoms with Crippen molar-refractivity contribution in [3.8, 4) is 17.1 Å². The van der Waals surface area contributed by atoms with Gasteiger partial charge in [-0.3, -0.25) is 4.79 Å². The van der Waals surface area contributed by atoms with Gasteiger partial charge in [-0.15, -0.1) is 11.3 Å². The summed E-state index contributed by atoms with van der Waals surface area (Å²) in [5.74, 6) is 1.45. The van der Waals surface area contributed by atoms with Gasteiger partial charge in [0.05, 0.1) is 18.2 Å². The Morgan fingerprint density at radius 1 is 1.31 bits per heavy atom. The number of nitrogens with one attached hydrogen (secondary N) is 1. The number of aromatic nitrogens is 1. The van der Waals surface area contributed by atoms with E-state index in [1.807, 2.05) is 36.4 Å². The summed E-state index contributed by atoms with van der Waals surface area (Å²) in [4.78, 5) is 14.0. The minimum Gasteiger partial charge on any atom is -0.497 e. The van der Waals surface area contributed by atoms with Gasteiger partial charge in [0, 0.05) is 23.1 Å². The third kappa shape index (κ3) is 3.24. The third-order valence-corrected chi connectivity index (χ3v) is 5.71. The summed E-state index contributed by atoms with van der Waals surface area (Å²) in [6, 6.07) is 13.6. The Hall–Kier alpha value is -2.60. The zero-order valence-electron chi connectivity index (χ0n) is 14.5. The highest BCUT2D eigenvalue weighted by Gasteiger charge is 2.53. The van der Waals surface area contributed by atoms with Gasteiger partial charge in [-0.1, -0.05) is 23.4 Å². The van der Waals surface area contributed by atoms with E-state index < -0.39 is 5.41 Å². The number of carbonyl (C=O) groups excluding carboxylic acids is 1. The molecule has 0 spiro atoms. The maximum atomic E-state index is 12.7. The summed E-state index contributed by atoms with van der Waals surface area (Å²) in [5.41, 5.74) is 1.07. The molecular formula is C20H20N2O3S. The topological polar surface area (TPSA) is 64.4 Å². The number of thiophene rings is 1. The Morgan fingerprint density at radius 2 is 2.19 bits per heavy atom. The lowest BCUT2D eigenvalue weighted by molar-refractivity contribution is -0.123. The highest BCUT2D eigenvalue weighted by Crippen LogP contribution is 2.48. The molecule has 1 aromatic carbocycles. The van der Waals surface area contributed by atoms with Crippen molar-refractivity contribution >= 4 is 17.2 Å². The van der Waals surface area contributed by atoms with Crippen LogP contribution in [0.5, 0.6) is 5.75 Å². The predicted molar refractivity (Wildman–Crippen MR) is 100 cm³/mol. The van der Waals surface area contributed by atoms with Gasteiger partial charge >= 0.3 is 0 Å². The minimum atomic E-state index is -0.532. The van der Waals surface area contributed by atoms with E-state index >= 15 is 0 Å². The van der Waals surface area contributed by atoms with Gasteiger partial charge in [-0.25, -0.2) is 0 Å². The van der Waals surface area contributed by atoms with Crippen LogP contribution in [-0.2, 0) is 16.6 Å². The third-order valence-electron chi connectivity index (χ3n) is 4.78. The van der Waals surface area contributed by atoms with Crippen LogP contribution in [0.25, 0.3) is 11.3 Å². The number of carbonyl (C=O) groups is 1. The number of amides is 1. The molecule has 1 saturated carbocycles. The predicted octanol–water partition coefficient (Wildman–Crippen LogP) is 3.80. The molecule has 0 bridgehead atoms. The molecule has 1 fully saturated rings. The smallest absolute Gasteiger partial charge is 0.232 e. The van der Waals surface area contributed by atoms with Crippen molar-refractivity contribution in [3.05, 3.63) is 58.4 Å². The van der Waals surface area contributed by atoms with Gasteiger partial charge in [-0.05, 0) is 42.8 Å². The SMILES string of the molecule is COc1cccc(-c2cc(C3(C(=O)NCCc4cccs4)CC3)no2)c1. The maximum Gasteiger partial charge on any atom is 0.232 e. The molecule has 6 heteroatoms. The number of hydrogen-bond acceptors (Lipinski definition) is 5. The monoisotopic (exact) mass is 368 g/mol. The second-order valence-corrected chi connectivity index (χ2v) is 7.51.